The minimum atomic E-state index is -4.61. The van der Waals surface area contributed by atoms with Gasteiger partial charge >= 0.3 is 19.8 Å². The zero-order valence-electron chi connectivity index (χ0n) is 30.1. The van der Waals surface area contributed by atoms with Gasteiger partial charge in [-0.05, 0) is 57.8 Å². The number of allylic oxidation sites excluding steroid dienone is 10. The number of rotatable bonds is 33. The fraction of sp³-hybridized carbons (Fsp3) is 0.684. The SMILES string of the molecule is CC/C=C/C/C=C/C/C=C/C/C=C/C/C=C/CCCCCC(=O)OC[C@@H](COP(=O)(O)OC[C@H](O)CO)OC(=O)CCCCCCCCC. The summed E-state index contributed by atoms with van der Waals surface area (Å²) in [5.74, 6) is -0.977. The molecule has 282 valence electrons. The van der Waals surface area contributed by atoms with E-state index in [2.05, 4.69) is 79.1 Å². The van der Waals surface area contributed by atoms with Crippen molar-refractivity contribution in [3.8, 4) is 0 Å². The summed E-state index contributed by atoms with van der Waals surface area (Å²) in [6.45, 7) is 2.13. The minimum absolute atomic E-state index is 0.173. The smallest absolute Gasteiger partial charge is 0.462 e. The minimum Gasteiger partial charge on any atom is -0.462 e. The van der Waals surface area contributed by atoms with Crippen LogP contribution in [0.15, 0.2) is 60.8 Å². The van der Waals surface area contributed by atoms with Gasteiger partial charge < -0.3 is 24.6 Å². The molecule has 0 radical (unpaired) electrons. The second kappa shape index (κ2) is 34.1. The Bertz CT molecular complexity index is 1000. The Labute approximate surface area is 296 Å². The Balaban J connectivity index is 4.35. The largest absolute Gasteiger partial charge is 0.472 e. The Kier molecular flexibility index (Phi) is 32.5. The molecule has 0 aromatic rings. The predicted molar refractivity (Wildman–Crippen MR) is 196 cm³/mol. The molecule has 0 fully saturated rings. The van der Waals surface area contributed by atoms with Crippen LogP contribution in [-0.4, -0.2) is 65.7 Å². The van der Waals surface area contributed by atoms with Crippen molar-refractivity contribution in [3.05, 3.63) is 60.8 Å². The van der Waals surface area contributed by atoms with E-state index in [9.17, 15) is 24.2 Å². The van der Waals surface area contributed by atoms with Crippen molar-refractivity contribution >= 4 is 19.8 Å². The van der Waals surface area contributed by atoms with Crippen LogP contribution >= 0.6 is 7.82 Å². The molecule has 0 saturated heterocycles. The van der Waals surface area contributed by atoms with E-state index in [4.69, 9.17) is 19.1 Å². The van der Waals surface area contributed by atoms with Crippen LogP contribution in [-0.2, 0) is 32.7 Å². The number of unbranched alkanes of at least 4 members (excludes halogenated alkanes) is 9. The van der Waals surface area contributed by atoms with Crippen molar-refractivity contribution in [2.75, 3.05) is 26.4 Å². The van der Waals surface area contributed by atoms with Crippen LogP contribution in [0, 0.1) is 0 Å². The Morgan fingerprint density at radius 3 is 1.69 bits per heavy atom. The van der Waals surface area contributed by atoms with Gasteiger partial charge in [-0.3, -0.25) is 18.6 Å². The van der Waals surface area contributed by atoms with Crippen molar-refractivity contribution in [2.45, 2.75) is 142 Å². The molecule has 0 saturated carbocycles. The lowest BCUT2D eigenvalue weighted by Crippen LogP contribution is -2.29. The second-order valence-electron chi connectivity index (χ2n) is 11.9. The number of hydrogen-bond acceptors (Lipinski definition) is 9. The average Bonchev–Trinajstić information content (AvgIpc) is 3.09. The molecule has 3 N–H and O–H groups in total. The number of aliphatic hydroxyl groups excluding tert-OH is 2. The number of carbonyl (C=O) groups excluding carboxylic acids is 2. The van der Waals surface area contributed by atoms with Gasteiger partial charge in [-0.1, -0.05) is 120 Å². The van der Waals surface area contributed by atoms with Crippen LogP contribution in [0.2, 0.25) is 0 Å². The predicted octanol–water partition coefficient (Wildman–Crippen LogP) is 8.77. The maximum Gasteiger partial charge on any atom is 0.472 e. The highest BCUT2D eigenvalue weighted by Crippen LogP contribution is 2.43. The zero-order valence-corrected chi connectivity index (χ0v) is 31.0. The summed E-state index contributed by atoms with van der Waals surface area (Å²) in [6, 6.07) is 0. The second-order valence-corrected chi connectivity index (χ2v) is 13.3. The molecule has 10 nitrogen and oxygen atoms in total. The molecule has 49 heavy (non-hydrogen) atoms. The molecule has 11 heteroatoms. The lowest BCUT2D eigenvalue weighted by molar-refractivity contribution is -0.161. The van der Waals surface area contributed by atoms with Crippen LogP contribution in [0.4, 0.5) is 0 Å². The van der Waals surface area contributed by atoms with Crippen LogP contribution in [0.3, 0.4) is 0 Å². The van der Waals surface area contributed by atoms with E-state index in [1.807, 2.05) is 0 Å². The molecule has 0 aromatic heterocycles. The van der Waals surface area contributed by atoms with Crippen molar-refractivity contribution < 1.29 is 47.8 Å². The number of ether oxygens (including phenoxy) is 2. The van der Waals surface area contributed by atoms with E-state index in [-0.39, 0.29) is 19.4 Å². The molecule has 1 unspecified atom stereocenters. The topological polar surface area (TPSA) is 149 Å². The quantitative estimate of drug-likeness (QED) is 0.0261. The van der Waals surface area contributed by atoms with Gasteiger partial charge in [-0.25, -0.2) is 4.57 Å². The van der Waals surface area contributed by atoms with Gasteiger partial charge in [0.15, 0.2) is 6.10 Å². The normalized spacial score (nSPS) is 14.8. The van der Waals surface area contributed by atoms with Crippen LogP contribution in [0.5, 0.6) is 0 Å². The highest BCUT2D eigenvalue weighted by Gasteiger charge is 2.27. The standard InChI is InChI=1S/C38H65O10P/c1-3-5-7-9-11-12-13-14-15-16-17-18-19-20-21-22-24-25-27-29-37(41)45-33-36(34-47-49(43,44)46-32-35(40)31-39)48-38(42)30-28-26-23-10-8-6-4-2/h5,7,11-12,14-15,17-18,20-21,35-36,39-40H,3-4,6,8-10,13,16,19,22-34H2,1-2H3,(H,43,44)/b7-5+,12-11+,15-14+,18-17+,21-20+/t35-,36+/m1/s1. The fourth-order valence-electron chi connectivity index (χ4n) is 4.37. The third-order valence-electron chi connectivity index (χ3n) is 7.19. The van der Waals surface area contributed by atoms with E-state index >= 15 is 0 Å². The molecule has 0 rings (SSSR count). The number of phosphoric ester groups is 1. The van der Waals surface area contributed by atoms with E-state index in [0.717, 1.165) is 70.6 Å². The molecule has 0 bridgehead atoms. The fourth-order valence-corrected chi connectivity index (χ4v) is 5.16. The molecule has 0 aliphatic carbocycles. The lowest BCUT2D eigenvalue weighted by atomic mass is 10.1. The molecule has 0 aliphatic rings. The third-order valence-corrected chi connectivity index (χ3v) is 8.14. The van der Waals surface area contributed by atoms with Gasteiger partial charge in [0.2, 0.25) is 0 Å². The number of carbonyl (C=O) groups is 2. The molecule has 0 spiro atoms. The molecule has 3 atom stereocenters. The van der Waals surface area contributed by atoms with E-state index in [1.54, 1.807) is 0 Å². The molecule has 0 aliphatic heterocycles. The summed E-state index contributed by atoms with van der Waals surface area (Å²) in [7, 11) is -4.61. The molecular weight excluding hydrogens is 647 g/mol. The van der Waals surface area contributed by atoms with Gasteiger partial charge in [-0.15, -0.1) is 0 Å². The monoisotopic (exact) mass is 712 g/mol. The summed E-state index contributed by atoms with van der Waals surface area (Å²) in [4.78, 5) is 34.6. The first kappa shape index (κ1) is 46.7. The summed E-state index contributed by atoms with van der Waals surface area (Å²) in [6.07, 6.45) is 35.1. The first-order valence-corrected chi connectivity index (χ1v) is 19.7. The Morgan fingerprint density at radius 1 is 0.633 bits per heavy atom. The number of phosphoric acid groups is 1. The number of aliphatic hydroxyl groups is 2. The van der Waals surface area contributed by atoms with Crippen molar-refractivity contribution in [2.24, 2.45) is 0 Å². The maximum absolute atomic E-state index is 12.4. The molecule has 0 amide bonds. The van der Waals surface area contributed by atoms with Gasteiger partial charge in [-0.2, -0.15) is 0 Å². The number of esters is 2. The van der Waals surface area contributed by atoms with Crippen LogP contribution < -0.4 is 0 Å². The summed E-state index contributed by atoms with van der Waals surface area (Å²) < 4.78 is 32.4. The third kappa shape index (κ3) is 33.9. The van der Waals surface area contributed by atoms with Crippen molar-refractivity contribution in [3.63, 3.8) is 0 Å². The van der Waals surface area contributed by atoms with E-state index < -0.39 is 51.8 Å². The van der Waals surface area contributed by atoms with Gasteiger partial charge in [0.25, 0.3) is 0 Å². The summed E-state index contributed by atoms with van der Waals surface area (Å²) >= 11 is 0. The summed E-state index contributed by atoms with van der Waals surface area (Å²) in [5.41, 5.74) is 0. The highest BCUT2D eigenvalue weighted by molar-refractivity contribution is 7.47. The highest BCUT2D eigenvalue weighted by atomic mass is 31.2. The lowest BCUT2D eigenvalue weighted by Gasteiger charge is -2.20. The maximum atomic E-state index is 12.4. The van der Waals surface area contributed by atoms with E-state index in [1.165, 1.54) is 19.3 Å². The van der Waals surface area contributed by atoms with Crippen LogP contribution in [0.1, 0.15) is 129 Å². The van der Waals surface area contributed by atoms with Gasteiger partial charge in [0.1, 0.15) is 12.7 Å². The van der Waals surface area contributed by atoms with E-state index in [0.29, 0.717) is 12.8 Å². The zero-order chi connectivity index (χ0) is 36.3. The van der Waals surface area contributed by atoms with Crippen molar-refractivity contribution in [1.29, 1.82) is 0 Å². The first-order valence-electron chi connectivity index (χ1n) is 18.2. The van der Waals surface area contributed by atoms with Gasteiger partial charge in [0.05, 0.1) is 19.8 Å². The molecule has 0 aromatic carbocycles. The molecule has 0 heterocycles. The molecular formula is C38H65O10P. The van der Waals surface area contributed by atoms with Crippen molar-refractivity contribution in [1.82, 2.24) is 0 Å². The number of hydrogen-bond donors (Lipinski definition) is 3. The van der Waals surface area contributed by atoms with Gasteiger partial charge in [0, 0.05) is 12.8 Å². The Hall–Kier alpha value is -2.33. The first-order chi connectivity index (χ1) is 23.7. The van der Waals surface area contributed by atoms with Crippen LogP contribution in [0.25, 0.3) is 0 Å². The average molecular weight is 713 g/mol. The summed E-state index contributed by atoms with van der Waals surface area (Å²) in [5, 5.41) is 18.2. The Morgan fingerprint density at radius 2 is 1.12 bits per heavy atom.